The Bertz CT molecular complexity index is 2500. The minimum Gasteiger partial charge on any atom is -0.507 e. The Morgan fingerprint density at radius 1 is 0.471 bits per heavy atom. The summed E-state index contributed by atoms with van der Waals surface area (Å²) in [4.78, 5) is 50.8. The molecule has 0 aliphatic rings. The standard InChI is InChI=1S/C33H46O5.C27H34O5/c1-11-12-13-14-17-36-29-24(4)20-27(21-25(29)5)28(34)16-15-26-18-22(2)30(23(3)19-26)37-33(9,10)31(35)38-32(6,7)8;1-16-14-21(15-17(2)23(16)29)22(28)11-10-20-12-18(3)24(19(4)13-20)31-27(8,9)25(30)32-26(5,6)7/h15-16,18-21H,11-14,17H2,1-10H3;10-15,29H,1-9H3/b16-15+;11-10+. The van der Waals surface area contributed by atoms with Crippen LogP contribution in [0.4, 0.5) is 0 Å². The van der Waals surface area contributed by atoms with Gasteiger partial charge in [-0.25, -0.2) is 9.59 Å². The van der Waals surface area contributed by atoms with Crippen molar-refractivity contribution in [3.05, 3.63) is 127 Å². The first kappa shape index (κ1) is 58.2. The van der Waals surface area contributed by atoms with E-state index in [1.165, 1.54) is 25.3 Å². The lowest BCUT2D eigenvalue weighted by atomic mass is 10.0. The molecule has 0 saturated heterocycles. The van der Waals surface area contributed by atoms with Crippen LogP contribution in [0.15, 0.2) is 60.7 Å². The maximum atomic E-state index is 13.0. The molecule has 0 radical (unpaired) electrons. The number of hydrogen-bond acceptors (Lipinski definition) is 10. The third kappa shape index (κ3) is 17.4. The molecule has 0 aliphatic carbocycles. The zero-order valence-electron chi connectivity index (χ0n) is 45.6. The van der Waals surface area contributed by atoms with Gasteiger partial charge in [0.2, 0.25) is 0 Å². The molecule has 0 atom stereocenters. The van der Waals surface area contributed by atoms with E-state index in [1.807, 2.05) is 126 Å². The molecule has 70 heavy (non-hydrogen) atoms. The van der Waals surface area contributed by atoms with Crippen LogP contribution >= 0.6 is 0 Å². The topological polar surface area (TPSA) is 135 Å². The smallest absolute Gasteiger partial charge is 0.350 e. The second kappa shape index (κ2) is 24.1. The normalized spacial score (nSPS) is 12.1. The van der Waals surface area contributed by atoms with Gasteiger partial charge in [0.05, 0.1) is 6.61 Å². The Kier molecular flexibility index (Phi) is 20.0. The van der Waals surface area contributed by atoms with Gasteiger partial charge in [-0.05, 0) is 247 Å². The minimum absolute atomic E-state index is 0.0626. The number of ketones is 2. The van der Waals surface area contributed by atoms with Crippen LogP contribution in [0.1, 0.15) is 178 Å². The number of allylic oxidation sites excluding steroid dienone is 2. The van der Waals surface area contributed by atoms with E-state index in [1.54, 1.807) is 65.8 Å². The lowest BCUT2D eigenvalue weighted by molar-refractivity contribution is -0.171. The summed E-state index contributed by atoms with van der Waals surface area (Å²) in [6.45, 7) is 35.8. The molecular formula is C60H80O10. The molecule has 1 N–H and O–H groups in total. The number of carbonyl (C=O) groups is 4. The van der Waals surface area contributed by atoms with Crippen LogP contribution in [0.2, 0.25) is 0 Å². The van der Waals surface area contributed by atoms with Gasteiger partial charge in [0, 0.05) is 11.1 Å². The number of rotatable bonds is 18. The summed E-state index contributed by atoms with van der Waals surface area (Å²) in [5, 5.41) is 9.91. The summed E-state index contributed by atoms with van der Waals surface area (Å²) in [7, 11) is 0. The maximum absolute atomic E-state index is 13.0. The Balaban J connectivity index is 0.000000376. The van der Waals surface area contributed by atoms with Crippen molar-refractivity contribution < 1.29 is 48.0 Å². The van der Waals surface area contributed by atoms with Crippen molar-refractivity contribution in [1.82, 2.24) is 0 Å². The van der Waals surface area contributed by atoms with Gasteiger partial charge in [0.25, 0.3) is 0 Å². The molecule has 10 nitrogen and oxygen atoms in total. The van der Waals surface area contributed by atoms with E-state index >= 15 is 0 Å². The molecule has 4 aromatic carbocycles. The number of unbranched alkanes of at least 4 members (excludes halogenated alkanes) is 3. The molecule has 0 heterocycles. The fourth-order valence-electron chi connectivity index (χ4n) is 7.54. The second-order valence-corrected chi connectivity index (χ2v) is 21.4. The Morgan fingerprint density at radius 2 is 0.800 bits per heavy atom. The second-order valence-electron chi connectivity index (χ2n) is 21.4. The van der Waals surface area contributed by atoms with Gasteiger partial charge in [-0.15, -0.1) is 0 Å². The third-order valence-corrected chi connectivity index (χ3v) is 11.1. The van der Waals surface area contributed by atoms with E-state index in [-0.39, 0.29) is 17.3 Å². The van der Waals surface area contributed by atoms with Crippen molar-refractivity contribution in [3.63, 3.8) is 0 Å². The van der Waals surface area contributed by atoms with Crippen molar-refractivity contribution in [1.29, 1.82) is 0 Å². The first-order valence-corrected chi connectivity index (χ1v) is 24.3. The average molecular weight is 961 g/mol. The number of carbonyl (C=O) groups excluding carboxylic acids is 4. The van der Waals surface area contributed by atoms with Gasteiger partial charge < -0.3 is 28.8 Å². The van der Waals surface area contributed by atoms with E-state index in [0.717, 1.165) is 56.7 Å². The van der Waals surface area contributed by atoms with Gasteiger partial charge in [-0.2, -0.15) is 0 Å². The summed E-state index contributed by atoms with van der Waals surface area (Å²) in [5.41, 5.74) is 6.15. The molecule has 0 aliphatic heterocycles. The highest BCUT2D eigenvalue weighted by Crippen LogP contribution is 2.33. The quantitative estimate of drug-likeness (QED) is 0.0444. The molecule has 0 saturated carbocycles. The predicted molar refractivity (Wildman–Crippen MR) is 283 cm³/mol. The van der Waals surface area contributed by atoms with Gasteiger partial charge in [0.15, 0.2) is 22.8 Å². The van der Waals surface area contributed by atoms with E-state index < -0.39 is 34.3 Å². The molecule has 0 amide bonds. The number of ether oxygens (including phenoxy) is 5. The Hall–Kier alpha value is -6.16. The first-order chi connectivity index (χ1) is 32.2. The zero-order valence-corrected chi connectivity index (χ0v) is 45.6. The molecule has 380 valence electrons. The van der Waals surface area contributed by atoms with Crippen LogP contribution < -0.4 is 14.2 Å². The molecule has 0 spiro atoms. The molecule has 0 bridgehead atoms. The van der Waals surface area contributed by atoms with E-state index in [4.69, 9.17) is 23.7 Å². The summed E-state index contributed by atoms with van der Waals surface area (Å²) < 4.78 is 29.2. The highest BCUT2D eigenvalue weighted by Gasteiger charge is 2.37. The third-order valence-electron chi connectivity index (χ3n) is 11.1. The molecule has 0 fully saturated rings. The van der Waals surface area contributed by atoms with Crippen molar-refractivity contribution in [2.45, 2.75) is 180 Å². The highest BCUT2D eigenvalue weighted by atomic mass is 16.6. The molecule has 10 heteroatoms. The van der Waals surface area contributed by atoms with Crippen LogP contribution in [0.3, 0.4) is 0 Å². The molecule has 0 unspecified atom stereocenters. The summed E-state index contributed by atoms with van der Waals surface area (Å²) in [5.74, 6) is 1.29. The number of esters is 2. The minimum atomic E-state index is -1.15. The number of phenolic OH excluding ortho intramolecular Hbond substituents is 1. The zero-order chi connectivity index (χ0) is 53.1. The largest absolute Gasteiger partial charge is 0.507 e. The fraction of sp³-hybridized carbons (Fsp3) is 0.467. The van der Waals surface area contributed by atoms with Crippen molar-refractivity contribution in [3.8, 4) is 23.0 Å². The number of hydrogen-bond donors (Lipinski definition) is 1. The SMILES string of the molecule is CCCCCCOc1c(C)cc(C(=O)/C=C/c2cc(C)c(OC(C)(C)C(=O)OC(C)(C)C)c(C)c2)cc1C.Cc1cc(C(=O)/C=C/c2cc(C)c(OC(C)(C)C(=O)OC(C)(C)C)c(C)c2)cc(C)c1O. The van der Waals surface area contributed by atoms with Crippen LogP contribution in [0.5, 0.6) is 23.0 Å². The van der Waals surface area contributed by atoms with Crippen molar-refractivity contribution >= 4 is 35.7 Å². The number of phenols is 1. The highest BCUT2D eigenvalue weighted by molar-refractivity contribution is 6.08. The monoisotopic (exact) mass is 961 g/mol. The maximum Gasteiger partial charge on any atom is 0.350 e. The lowest BCUT2D eigenvalue weighted by Gasteiger charge is -2.30. The molecule has 4 rings (SSSR count). The predicted octanol–water partition coefficient (Wildman–Crippen LogP) is 14.3. The molecule has 0 aromatic heterocycles. The Morgan fingerprint density at radius 3 is 1.13 bits per heavy atom. The van der Waals surface area contributed by atoms with Gasteiger partial charge in [-0.3, -0.25) is 9.59 Å². The first-order valence-electron chi connectivity index (χ1n) is 24.3. The van der Waals surface area contributed by atoms with Crippen molar-refractivity contribution in [2.75, 3.05) is 6.61 Å². The summed E-state index contributed by atoms with van der Waals surface area (Å²) >= 11 is 0. The molecule has 4 aromatic rings. The number of benzene rings is 4. The van der Waals surface area contributed by atoms with Crippen LogP contribution in [0, 0.1) is 55.4 Å². The molecular weight excluding hydrogens is 881 g/mol. The van der Waals surface area contributed by atoms with Gasteiger partial charge >= 0.3 is 11.9 Å². The Labute approximate surface area is 418 Å². The van der Waals surface area contributed by atoms with Crippen molar-refractivity contribution in [2.24, 2.45) is 0 Å². The summed E-state index contributed by atoms with van der Waals surface area (Å²) in [6.07, 6.45) is 11.3. The van der Waals surface area contributed by atoms with Gasteiger partial charge in [0.1, 0.15) is 34.2 Å². The van der Waals surface area contributed by atoms with E-state index in [2.05, 4.69) is 6.92 Å². The fourth-order valence-corrected chi connectivity index (χ4v) is 7.54. The number of aromatic hydroxyl groups is 1. The van der Waals surface area contributed by atoms with E-state index in [9.17, 15) is 24.3 Å². The van der Waals surface area contributed by atoms with E-state index in [0.29, 0.717) is 40.4 Å². The average Bonchev–Trinajstić information content (AvgIpc) is 3.23. The van der Waals surface area contributed by atoms with Crippen LogP contribution in [-0.4, -0.2) is 57.6 Å². The summed E-state index contributed by atoms with van der Waals surface area (Å²) in [6, 6.07) is 14.9. The van der Waals surface area contributed by atoms with Gasteiger partial charge in [-0.1, -0.05) is 38.3 Å². The lowest BCUT2D eigenvalue weighted by Crippen LogP contribution is -2.43. The number of aryl methyl sites for hydroxylation is 8. The van der Waals surface area contributed by atoms with Crippen LogP contribution in [0.25, 0.3) is 12.2 Å². The van der Waals surface area contributed by atoms with Crippen LogP contribution in [-0.2, 0) is 19.1 Å².